The summed E-state index contributed by atoms with van der Waals surface area (Å²) < 4.78 is 33.5. The molecule has 0 aromatic heterocycles. The van der Waals surface area contributed by atoms with Gasteiger partial charge in [-0.1, -0.05) is 0 Å². The van der Waals surface area contributed by atoms with Gasteiger partial charge < -0.3 is 10.5 Å². The molecule has 0 saturated carbocycles. The highest BCUT2D eigenvalue weighted by Gasteiger charge is 2.47. The quantitative estimate of drug-likeness (QED) is 0.749. The van der Waals surface area contributed by atoms with E-state index < -0.39 is 17.7 Å². The summed E-state index contributed by atoms with van der Waals surface area (Å²) in [5.41, 5.74) is 12.9. The second-order valence-corrected chi connectivity index (χ2v) is 7.56. The first kappa shape index (κ1) is 16.4. The maximum absolute atomic E-state index is 14.0. The first-order valence-electron chi connectivity index (χ1n) is 8.52. The topological polar surface area (TPSA) is 62.5 Å². The van der Waals surface area contributed by atoms with Gasteiger partial charge in [-0.3, -0.25) is 15.8 Å². The number of fused-ring (bicyclic) bond motifs is 1. The first-order valence-corrected chi connectivity index (χ1v) is 8.52. The molecule has 0 aliphatic carbocycles. The van der Waals surface area contributed by atoms with Gasteiger partial charge in [-0.05, 0) is 31.5 Å². The highest BCUT2D eigenvalue weighted by atomic mass is 19.1. The third-order valence-electron chi connectivity index (χ3n) is 5.76. The molecule has 3 fully saturated rings. The first-order chi connectivity index (χ1) is 11.5. The molecular weight excluding hydrogens is 314 g/mol. The molecule has 3 saturated heterocycles. The second-order valence-electron chi connectivity index (χ2n) is 7.56. The number of hydrogen-bond acceptors (Lipinski definition) is 5. The van der Waals surface area contributed by atoms with Gasteiger partial charge in [-0.2, -0.15) is 0 Å². The highest BCUT2D eigenvalue weighted by molar-refractivity contribution is 5.24. The van der Waals surface area contributed by atoms with Crippen molar-refractivity contribution >= 4 is 0 Å². The van der Waals surface area contributed by atoms with Gasteiger partial charge in [0.25, 0.3) is 0 Å². The summed E-state index contributed by atoms with van der Waals surface area (Å²) in [7, 11) is 0. The largest absolute Gasteiger partial charge is 0.370 e. The molecule has 5 atom stereocenters. The van der Waals surface area contributed by atoms with Gasteiger partial charge in [0, 0.05) is 48.7 Å². The molecule has 1 aromatic rings. The number of likely N-dealkylation sites (tertiary alicyclic amines) is 1. The fourth-order valence-corrected chi connectivity index (χ4v) is 4.34. The lowest BCUT2D eigenvalue weighted by Crippen LogP contribution is -2.58. The van der Waals surface area contributed by atoms with Crippen LogP contribution < -0.4 is 16.6 Å². The number of hydrazine groups is 1. The van der Waals surface area contributed by atoms with Gasteiger partial charge in [0.05, 0.1) is 6.61 Å². The molecule has 4 N–H and O–H groups in total. The molecule has 3 heterocycles. The van der Waals surface area contributed by atoms with Crippen molar-refractivity contribution in [1.29, 1.82) is 0 Å². The fraction of sp³-hybridized carbons (Fsp3) is 0.647. The molecule has 24 heavy (non-hydrogen) atoms. The molecular formula is C17H24F2N4O. The number of nitrogens with two attached hydrogens (primary N) is 1. The Balaban J connectivity index is 1.49. The molecule has 0 spiro atoms. The van der Waals surface area contributed by atoms with Crippen LogP contribution in [0.1, 0.15) is 25.0 Å². The Hall–Kier alpha value is -1.12. The number of hydrogen-bond donors (Lipinski definition) is 3. The van der Waals surface area contributed by atoms with Crippen LogP contribution >= 0.6 is 0 Å². The minimum Gasteiger partial charge on any atom is -0.370 e. The normalized spacial score (nSPS) is 40.0. The summed E-state index contributed by atoms with van der Waals surface area (Å²) in [6.45, 7) is 5.54. The van der Waals surface area contributed by atoms with E-state index >= 15 is 0 Å². The van der Waals surface area contributed by atoms with E-state index in [1.165, 1.54) is 6.07 Å². The summed E-state index contributed by atoms with van der Waals surface area (Å²) in [5, 5.41) is 0. The van der Waals surface area contributed by atoms with Crippen LogP contribution in [0, 0.1) is 17.6 Å². The van der Waals surface area contributed by atoms with Gasteiger partial charge in [0.15, 0.2) is 0 Å². The summed E-state index contributed by atoms with van der Waals surface area (Å²) in [6.07, 6.45) is 0.0937. The van der Waals surface area contributed by atoms with Crippen LogP contribution in [0.15, 0.2) is 18.2 Å². The van der Waals surface area contributed by atoms with Crippen LogP contribution in [0.4, 0.5) is 8.78 Å². The Morgan fingerprint density at radius 1 is 1.33 bits per heavy atom. The highest BCUT2D eigenvalue weighted by Crippen LogP contribution is 2.38. The van der Waals surface area contributed by atoms with Crippen LogP contribution in [0.5, 0.6) is 0 Å². The molecule has 3 aliphatic rings. The number of nitrogens with zero attached hydrogens (tertiary/aromatic N) is 1. The van der Waals surface area contributed by atoms with Crippen LogP contribution in [0.3, 0.4) is 0 Å². The van der Waals surface area contributed by atoms with Crippen LogP contribution in [-0.4, -0.2) is 48.8 Å². The van der Waals surface area contributed by atoms with Crippen molar-refractivity contribution in [2.45, 2.75) is 37.1 Å². The molecule has 2 unspecified atom stereocenters. The molecule has 4 rings (SSSR count). The maximum atomic E-state index is 14.0. The summed E-state index contributed by atoms with van der Waals surface area (Å²) >= 11 is 0. The van der Waals surface area contributed by atoms with Crippen molar-refractivity contribution in [2.75, 3.05) is 26.2 Å². The zero-order valence-corrected chi connectivity index (χ0v) is 13.8. The van der Waals surface area contributed by atoms with Gasteiger partial charge in [-0.15, -0.1) is 0 Å². The Bertz CT molecular complexity index is 619. The minimum absolute atomic E-state index is 0.175. The molecule has 1 aromatic carbocycles. The van der Waals surface area contributed by atoms with Gasteiger partial charge in [0.2, 0.25) is 0 Å². The van der Waals surface area contributed by atoms with E-state index in [1.807, 2.05) is 0 Å². The van der Waals surface area contributed by atoms with Crippen molar-refractivity contribution in [3.8, 4) is 0 Å². The lowest BCUT2D eigenvalue weighted by atomic mass is 9.85. The lowest BCUT2D eigenvalue weighted by Gasteiger charge is -2.47. The third kappa shape index (κ3) is 2.74. The zero-order chi connectivity index (χ0) is 16.9. The summed E-state index contributed by atoms with van der Waals surface area (Å²) in [4.78, 5) is 2.42. The van der Waals surface area contributed by atoms with Crippen molar-refractivity contribution in [3.63, 3.8) is 0 Å². The minimum atomic E-state index is -0.601. The van der Waals surface area contributed by atoms with E-state index in [2.05, 4.69) is 22.7 Å². The van der Waals surface area contributed by atoms with Crippen molar-refractivity contribution in [3.05, 3.63) is 35.4 Å². The maximum Gasteiger partial charge on any atom is 0.129 e. The SMILES string of the molecule is C[C@]1(N2CC3CNNC3C2)CO[C@H](c2cc(F)ccc2F)[C@@H](N)C1. The summed E-state index contributed by atoms with van der Waals surface area (Å²) in [6, 6.07) is 3.53. The smallest absolute Gasteiger partial charge is 0.129 e. The average molecular weight is 338 g/mol. The Labute approximate surface area is 140 Å². The molecule has 0 bridgehead atoms. The van der Waals surface area contributed by atoms with E-state index in [0.717, 1.165) is 31.8 Å². The molecule has 3 aliphatic heterocycles. The van der Waals surface area contributed by atoms with E-state index in [4.69, 9.17) is 10.5 Å². The van der Waals surface area contributed by atoms with Gasteiger partial charge in [0.1, 0.15) is 17.7 Å². The Morgan fingerprint density at radius 2 is 2.17 bits per heavy atom. The van der Waals surface area contributed by atoms with Crippen LogP contribution in [0.25, 0.3) is 0 Å². The number of ether oxygens (including phenoxy) is 1. The van der Waals surface area contributed by atoms with E-state index in [-0.39, 0.29) is 17.1 Å². The van der Waals surface area contributed by atoms with Crippen LogP contribution in [0.2, 0.25) is 0 Å². The number of benzene rings is 1. The van der Waals surface area contributed by atoms with Crippen molar-refractivity contribution in [2.24, 2.45) is 11.7 Å². The molecule has 0 amide bonds. The summed E-state index contributed by atoms with van der Waals surface area (Å²) in [5.74, 6) is -0.343. The monoisotopic (exact) mass is 338 g/mol. The third-order valence-corrected chi connectivity index (χ3v) is 5.76. The van der Waals surface area contributed by atoms with Gasteiger partial charge in [-0.25, -0.2) is 8.78 Å². The van der Waals surface area contributed by atoms with Crippen molar-refractivity contribution in [1.82, 2.24) is 15.8 Å². The van der Waals surface area contributed by atoms with E-state index in [1.54, 1.807) is 0 Å². The number of rotatable bonds is 2. The molecule has 132 valence electrons. The fourth-order valence-electron chi connectivity index (χ4n) is 4.34. The number of halogens is 2. The van der Waals surface area contributed by atoms with Gasteiger partial charge >= 0.3 is 0 Å². The lowest BCUT2D eigenvalue weighted by molar-refractivity contribution is -0.0902. The van der Waals surface area contributed by atoms with E-state index in [9.17, 15) is 8.78 Å². The van der Waals surface area contributed by atoms with Crippen molar-refractivity contribution < 1.29 is 13.5 Å². The van der Waals surface area contributed by atoms with Crippen LogP contribution in [-0.2, 0) is 4.74 Å². The molecule has 5 nitrogen and oxygen atoms in total. The number of nitrogens with one attached hydrogen (secondary N) is 2. The standard InChI is InChI=1S/C17H24F2N4O/c1-17(23-7-10-6-21-22-15(10)8-23)5-14(20)16(24-9-17)12-4-11(18)2-3-13(12)19/h2-4,10,14-16,21-22H,5-9,20H2,1H3/t10?,14-,15?,16+,17+/m0/s1. The molecule has 0 radical (unpaired) electrons. The predicted molar refractivity (Wildman–Crippen MR) is 86.0 cm³/mol. The second kappa shape index (κ2) is 6.00. The zero-order valence-electron chi connectivity index (χ0n) is 13.8. The average Bonchev–Trinajstić information content (AvgIpc) is 3.12. The Morgan fingerprint density at radius 3 is 2.92 bits per heavy atom. The van der Waals surface area contributed by atoms with E-state index in [0.29, 0.717) is 25.0 Å². The Kier molecular flexibility index (Phi) is 4.09. The molecule has 7 heteroatoms. The predicted octanol–water partition coefficient (Wildman–Crippen LogP) is 0.920.